The van der Waals surface area contributed by atoms with E-state index in [0.717, 1.165) is 48.5 Å². The van der Waals surface area contributed by atoms with Crippen molar-refractivity contribution in [2.75, 3.05) is 13.2 Å². The van der Waals surface area contributed by atoms with E-state index in [4.69, 9.17) is 14.2 Å². The normalized spacial score (nSPS) is 11.8. The van der Waals surface area contributed by atoms with Gasteiger partial charge in [0.05, 0.1) is 18.3 Å². The number of unbranched alkanes of at least 4 members (excludes halogenated alkanes) is 29. The Balaban J connectivity index is 1.18. The monoisotopic (exact) mass is 825 g/mol. The van der Waals surface area contributed by atoms with Gasteiger partial charge in [-0.1, -0.05) is 236 Å². The van der Waals surface area contributed by atoms with Crippen molar-refractivity contribution in [2.24, 2.45) is 0 Å². The first-order valence-corrected chi connectivity index (χ1v) is 25.4. The van der Waals surface area contributed by atoms with Crippen molar-refractivity contribution < 1.29 is 19.0 Å². The molecule has 1 atom stereocenters. The summed E-state index contributed by atoms with van der Waals surface area (Å²) in [5.41, 5.74) is 3.77. The summed E-state index contributed by atoms with van der Waals surface area (Å²) in [5.74, 6) is 1.09. The summed E-state index contributed by atoms with van der Waals surface area (Å²) in [4.78, 5) is 12.9. The van der Waals surface area contributed by atoms with E-state index in [1.54, 1.807) is 0 Å². The lowest BCUT2D eigenvalue weighted by Gasteiger charge is -2.14. The van der Waals surface area contributed by atoms with E-state index in [1.807, 2.05) is 60.7 Å². The standard InChI is InChI=1S/C56H88O4/c1-4-6-8-10-12-14-16-18-19-20-21-22-24-25-27-29-31-33-47-58-49(3)50-39-45-55(46-40-50)60-56(57)53-37-35-51(36-38-53)52-41-43-54(44-42-52)59-48-34-32-30-28-26-23-17-15-13-11-9-7-5-2/h35-46,49H,4-34,47-48H2,1-3H3. The van der Waals surface area contributed by atoms with E-state index in [1.165, 1.54) is 186 Å². The Labute approximate surface area is 369 Å². The van der Waals surface area contributed by atoms with Gasteiger partial charge >= 0.3 is 5.97 Å². The maximum atomic E-state index is 12.9. The fraction of sp³-hybridized carbons (Fsp3) is 0.661. The number of hydrogen-bond acceptors (Lipinski definition) is 4. The average molecular weight is 825 g/mol. The zero-order chi connectivity index (χ0) is 42.6. The number of esters is 1. The molecule has 0 saturated carbocycles. The van der Waals surface area contributed by atoms with Crippen LogP contribution in [0.3, 0.4) is 0 Å². The van der Waals surface area contributed by atoms with Crippen molar-refractivity contribution >= 4 is 5.97 Å². The number of hydrogen-bond donors (Lipinski definition) is 0. The molecule has 0 radical (unpaired) electrons. The Morgan fingerprint density at radius 2 is 0.733 bits per heavy atom. The quantitative estimate of drug-likeness (QED) is 0.0327. The van der Waals surface area contributed by atoms with Gasteiger partial charge in [0.1, 0.15) is 11.5 Å². The fourth-order valence-corrected chi connectivity index (χ4v) is 8.19. The van der Waals surface area contributed by atoms with Crippen LogP contribution in [-0.4, -0.2) is 19.2 Å². The van der Waals surface area contributed by atoms with Gasteiger partial charge < -0.3 is 14.2 Å². The molecule has 3 aromatic carbocycles. The molecule has 0 saturated heterocycles. The van der Waals surface area contributed by atoms with Crippen LogP contribution in [0.25, 0.3) is 11.1 Å². The third kappa shape index (κ3) is 25.0. The van der Waals surface area contributed by atoms with Gasteiger partial charge in [-0.25, -0.2) is 4.79 Å². The van der Waals surface area contributed by atoms with E-state index in [0.29, 0.717) is 11.3 Å². The van der Waals surface area contributed by atoms with Gasteiger partial charge in [-0.3, -0.25) is 0 Å². The molecule has 3 rings (SSSR count). The van der Waals surface area contributed by atoms with E-state index < -0.39 is 0 Å². The van der Waals surface area contributed by atoms with E-state index in [9.17, 15) is 4.79 Å². The molecule has 0 fully saturated rings. The summed E-state index contributed by atoms with van der Waals surface area (Å²) in [5, 5.41) is 0. The first-order chi connectivity index (χ1) is 29.6. The summed E-state index contributed by atoms with van der Waals surface area (Å²) < 4.78 is 17.9. The van der Waals surface area contributed by atoms with E-state index in [-0.39, 0.29) is 12.1 Å². The highest BCUT2D eigenvalue weighted by molar-refractivity contribution is 5.91. The van der Waals surface area contributed by atoms with Crippen LogP contribution in [-0.2, 0) is 4.74 Å². The van der Waals surface area contributed by atoms with Crippen molar-refractivity contribution in [3.63, 3.8) is 0 Å². The number of benzene rings is 3. The fourth-order valence-electron chi connectivity index (χ4n) is 8.19. The molecule has 0 aliphatic carbocycles. The van der Waals surface area contributed by atoms with Crippen molar-refractivity contribution in [1.82, 2.24) is 0 Å². The molecule has 3 aromatic rings. The maximum absolute atomic E-state index is 12.9. The molecule has 336 valence electrons. The zero-order valence-electron chi connectivity index (χ0n) is 39.0. The van der Waals surface area contributed by atoms with Crippen LogP contribution in [0, 0.1) is 0 Å². The first-order valence-electron chi connectivity index (χ1n) is 25.4. The number of carbonyl (C=O) groups is 1. The number of ether oxygens (including phenoxy) is 3. The van der Waals surface area contributed by atoms with Gasteiger partial charge in [0.15, 0.2) is 0 Å². The highest BCUT2D eigenvalue weighted by atomic mass is 16.5. The first kappa shape index (κ1) is 51.2. The van der Waals surface area contributed by atoms with E-state index in [2.05, 4.69) is 32.9 Å². The van der Waals surface area contributed by atoms with Crippen molar-refractivity contribution in [3.05, 3.63) is 83.9 Å². The number of rotatable bonds is 39. The summed E-state index contributed by atoms with van der Waals surface area (Å²) in [6.45, 7) is 8.22. The molecule has 1 unspecified atom stereocenters. The lowest BCUT2D eigenvalue weighted by molar-refractivity contribution is 0.0627. The van der Waals surface area contributed by atoms with Crippen molar-refractivity contribution in [3.8, 4) is 22.6 Å². The lowest BCUT2D eigenvalue weighted by atomic mass is 10.0. The SMILES string of the molecule is CCCCCCCCCCCCCCCCCCCCOC(C)c1ccc(OC(=O)c2ccc(-c3ccc(OCCCCCCCCCCCCCCC)cc3)cc2)cc1. The van der Waals surface area contributed by atoms with Crippen LogP contribution in [0.2, 0.25) is 0 Å². The second kappa shape index (κ2) is 35.5. The highest BCUT2D eigenvalue weighted by Gasteiger charge is 2.11. The summed E-state index contributed by atoms with van der Waals surface area (Å²) in [7, 11) is 0. The highest BCUT2D eigenvalue weighted by Crippen LogP contribution is 2.25. The summed E-state index contributed by atoms with van der Waals surface area (Å²) in [6.07, 6.45) is 42.5. The molecule has 0 bridgehead atoms. The van der Waals surface area contributed by atoms with Crippen LogP contribution in [0.15, 0.2) is 72.8 Å². The van der Waals surface area contributed by atoms with Crippen LogP contribution in [0.4, 0.5) is 0 Å². The average Bonchev–Trinajstić information content (AvgIpc) is 3.27. The van der Waals surface area contributed by atoms with Gasteiger partial charge in [-0.2, -0.15) is 0 Å². The Morgan fingerprint density at radius 1 is 0.400 bits per heavy atom. The Bertz CT molecular complexity index is 1410. The zero-order valence-corrected chi connectivity index (χ0v) is 39.0. The second-order valence-corrected chi connectivity index (χ2v) is 17.7. The molecule has 0 heterocycles. The third-order valence-corrected chi connectivity index (χ3v) is 12.3. The molecule has 4 heteroatoms. The summed E-state index contributed by atoms with van der Waals surface area (Å²) >= 11 is 0. The molecular weight excluding hydrogens is 737 g/mol. The lowest BCUT2D eigenvalue weighted by Crippen LogP contribution is -2.08. The summed E-state index contributed by atoms with van der Waals surface area (Å²) in [6, 6.07) is 23.6. The predicted molar refractivity (Wildman–Crippen MR) is 258 cm³/mol. The molecular formula is C56H88O4. The predicted octanol–water partition coefficient (Wildman–Crippen LogP) is 18.2. The molecule has 0 spiro atoms. The number of carbonyl (C=O) groups excluding carboxylic acids is 1. The minimum Gasteiger partial charge on any atom is -0.494 e. The molecule has 0 aliphatic heterocycles. The Hall–Kier alpha value is -3.11. The molecule has 4 nitrogen and oxygen atoms in total. The van der Waals surface area contributed by atoms with Crippen molar-refractivity contribution in [1.29, 1.82) is 0 Å². The maximum Gasteiger partial charge on any atom is 0.343 e. The second-order valence-electron chi connectivity index (χ2n) is 17.7. The smallest absolute Gasteiger partial charge is 0.343 e. The molecule has 0 aromatic heterocycles. The van der Waals surface area contributed by atoms with Crippen LogP contribution in [0.5, 0.6) is 11.5 Å². The molecule has 0 N–H and O–H groups in total. The van der Waals surface area contributed by atoms with Crippen LogP contribution in [0.1, 0.15) is 242 Å². The van der Waals surface area contributed by atoms with Crippen LogP contribution >= 0.6 is 0 Å². The third-order valence-electron chi connectivity index (χ3n) is 12.3. The minimum absolute atomic E-state index is 0.0118. The minimum atomic E-state index is -0.357. The van der Waals surface area contributed by atoms with Crippen LogP contribution < -0.4 is 9.47 Å². The van der Waals surface area contributed by atoms with E-state index >= 15 is 0 Å². The Morgan fingerprint density at radius 3 is 1.13 bits per heavy atom. The Kier molecular flexibility index (Phi) is 30.3. The topological polar surface area (TPSA) is 44.8 Å². The molecule has 0 amide bonds. The van der Waals surface area contributed by atoms with Crippen molar-refractivity contribution in [2.45, 2.75) is 226 Å². The molecule has 0 aliphatic rings. The van der Waals surface area contributed by atoms with Gasteiger partial charge in [-0.15, -0.1) is 0 Å². The van der Waals surface area contributed by atoms with Gasteiger partial charge in [0.25, 0.3) is 0 Å². The van der Waals surface area contributed by atoms with Gasteiger partial charge in [0.2, 0.25) is 0 Å². The largest absolute Gasteiger partial charge is 0.494 e. The van der Waals surface area contributed by atoms with Gasteiger partial charge in [0, 0.05) is 6.61 Å². The molecule has 60 heavy (non-hydrogen) atoms. The van der Waals surface area contributed by atoms with Gasteiger partial charge in [-0.05, 0) is 72.9 Å².